The van der Waals surface area contributed by atoms with Crippen LogP contribution in [0.1, 0.15) is 26.7 Å². The Morgan fingerprint density at radius 3 is 2.41 bits per heavy atom. The van der Waals surface area contributed by atoms with Crippen molar-refractivity contribution in [3.05, 3.63) is 0 Å². The number of likely N-dealkylation sites (N-methyl/N-ethyl adjacent to an activating group) is 1. The second kappa shape index (κ2) is 5.27. The van der Waals surface area contributed by atoms with Crippen molar-refractivity contribution in [2.24, 2.45) is 5.92 Å². The number of ketones is 1. The van der Waals surface area contributed by atoms with Gasteiger partial charge in [0.25, 0.3) is 0 Å². The fourth-order valence-electron chi connectivity index (χ4n) is 2.27. The summed E-state index contributed by atoms with van der Waals surface area (Å²) in [6, 6.07) is -0.715. The quantitative estimate of drug-likeness (QED) is 0.715. The Morgan fingerprint density at radius 1 is 1.41 bits per heavy atom. The van der Waals surface area contributed by atoms with Crippen LogP contribution in [-0.4, -0.2) is 46.9 Å². The third kappa shape index (κ3) is 2.82. The maximum absolute atomic E-state index is 11.7. The summed E-state index contributed by atoms with van der Waals surface area (Å²) in [6.45, 7) is 3.09. The van der Waals surface area contributed by atoms with E-state index in [-0.39, 0.29) is 18.1 Å². The Hall–Kier alpha value is -1.43. The number of Topliss-reactive ketones (excluding diaryl/α,β-unsaturated/α-hetero) is 1. The lowest BCUT2D eigenvalue weighted by atomic mass is 9.96. The molecule has 1 aliphatic heterocycles. The zero-order chi connectivity index (χ0) is 13.2. The summed E-state index contributed by atoms with van der Waals surface area (Å²) >= 11 is 0. The van der Waals surface area contributed by atoms with Crippen molar-refractivity contribution in [1.29, 1.82) is 0 Å². The van der Waals surface area contributed by atoms with E-state index in [1.165, 1.54) is 6.92 Å². The number of rotatable bonds is 4. The zero-order valence-corrected chi connectivity index (χ0v) is 10.3. The van der Waals surface area contributed by atoms with Crippen LogP contribution in [0.15, 0.2) is 0 Å². The first-order chi connectivity index (χ1) is 7.88. The molecule has 2 N–H and O–H groups in total. The maximum atomic E-state index is 11.7. The molecule has 1 aliphatic rings. The Labute approximate surface area is 100.0 Å². The number of carboxylic acid groups (broad SMARTS) is 1. The molecule has 1 rings (SSSR count). The number of aliphatic carboxylic acids is 1. The van der Waals surface area contributed by atoms with Crippen LogP contribution in [0.2, 0.25) is 0 Å². The molecule has 1 heterocycles. The Morgan fingerprint density at radius 2 is 2.00 bits per heavy atom. The number of nitrogens with one attached hydrogen (secondary N) is 1. The average Bonchev–Trinajstić information content (AvgIpc) is 2.55. The first kappa shape index (κ1) is 13.6. The van der Waals surface area contributed by atoms with Gasteiger partial charge in [-0.1, -0.05) is 6.92 Å². The van der Waals surface area contributed by atoms with Gasteiger partial charge in [-0.3, -0.25) is 19.3 Å². The lowest BCUT2D eigenvalue weighted by molar-refractivity contribution is -0.142. The highest BCUT2D eigenvalue weighted by Crippen LogP contribution is 2.28. The molecule has 3 atom stereocenters. The van der Waals surface area contributed by atoms with Crippen molar-refractivity contribution in [2.45, 2.75) is 38.9 Å². The number of carbonyl (C=O) groups excluding carboxylic acids is 2. The van der Waals surface area contributed by atoms with E-state index in [4.69, 9.17) is 5.11 Å². The number of hydrogen-bond acceptors (Lipinski definition) is 4. The lowest BCUT2D eigenvalue weighted by Crippen LogP contribution is -2.49. The third-order valence-electron chi connectivity index (χ3n) is 3.19. The van der Waals surface area contributed by atoms with Gasteiger partial charge >= 0.3 is 5.97 Å². The SMILES string of the molecule is CCC(=O)[C@@H]1C[C@H](C(=O)O)N(C)[C@H]1NC(C)=O. The van der Waals surface area contributed by atoms with Crippen molar-refractivity contribution in [1.82, 2.24) is 10.2 Å². The van der Waals surface area contributed by atoms with Crippen LogP contribution in [0.25, 0.3) is 0 Å². The molecule has 0 aromatic rings. The molecule has 0 spiro atoms. The van der Waals surface area contributed by atoms with Crippen molar-refractivity contribution < 1.29 is 19.5 Å². The van der Waals surface area contributed by atoms with Gasteiger partial charge in [-0.2, -0.15) is 0 Å². The molecule has 1 amide bonds. The van der Waals surface area contributed by atoms with E-state index in [0.717, 1.165) is 0 Å². The molecule has 0 unspecified atom stereocenters. The summed E-state index contributed by atoms with van der Waals surface area (Å²) in [7, 11) is 1.61. The molecular weight excluding hydrogens is 224 g/mol. The molecule has 6 heteroatoms. The second-order valence-corrected chi connectivity index (χ2v) is 4.33. The Kier molecular flexibility index (Phi) is 4.22. The van der Waals surface area contributed by atoms with Gasteiger partial charge in [-0.25, -0.2) is 0 Å². The van der Waals surface area contributed by atoms with E-state index in [0.29, 0.717) is 6.42 Å². The predicted octanol–water partition coefficient (Wildman–Crippen LogP) is -0.167. The van der Waals surface area contributed by atoms with Crippen molar-refractivity contribution in [2.75, 3.05) is 7.05 Å². The van der Waals surface area contributed by atoms with Crippen LogP contribution in [0.5, 0.6) is 0 Å². The summed E-state index contributed by atoms with van der Waals surface area (Å²) in [5, 5.41) is 11.7. The molecule has 17 heavy (non-hydrogen) atoms. The molecule has 1 fully saturated rings. The largest absolute Gasteiger partial charge is 0.480 e. The maximum Gasteiger partial charge on any atom is 0.320 e. The van der Waals surface area contributed by atoms with Crippen LogP contribution in [0, 0.1) is 5.92 Å². The van der Waals surface area contributed by atoms with Gasteiger partial charge in [0, 0.05) is 13.3 Å². The standard InChI is InChI=1S/C11H18N2O4/c1-4-9(15)7-5-8(11(16)17)13(3)10(7)12-6(2)14/h7-8,10H,4-5H2,1-3H3,(H,12,14)(H,16,17)/t7-,8+,10+/m0/s1. The molecule has 96 valence electrons. The molecule has 1 saturated heterocycles. The van der Waals surface area contributed by atoms with Gasteiger partial charge in [-0.05, 0) is 13.5 Å². The predicted molar refractivity (Wildman–Crippen MR) is 60.2 cm³/mol. The van der Waals surface area contributed by atoms with Crippen molar-refractivity contribution >= 4 is 17.7 Å². The molecule has 0 aliphatic carbocycles. The van der Waals surface area contributed by atoms with Gasteiger partial charge in [-0.15, -0.1) is 0 Å². The van der Waals surface area contributed by atoms with E-state index in [9.17, 15) is 14.4 Å². The molecule has 0 aromatic carbocycles. The van der Waals surface area contributed by atoms with Crippen LogP contribution in [0.3, 0.4) is 0 Å². The van der Waals surface area contributed by atoms with E-state index in [1.807, 2.05) is 0 Å². The van der Waals surface area contributed by atoms with Crippen LogP contribution in [0.4, 0.5) is 0 Å². The highest BCUT2D eigenvalue weighted by molar-refractivity contribution is 5.85. The smallest absolute Gasteiger partial charge is 0.320 e. The summed E-state index contributed by atoms with van der Waals surface area (Å²) in [5.41, 5.74) is 0. The van der Waals surface area contributed by atoms with Crippen molar-refractivity contribution in [3.63, 3.8) is 0 Å². The van der Waals surface area contributed by atoms with Gasteiger partial charge < -0.3 is 10.4 Å². The van der Waals surface area contributed by atoms with E-state index >= 15 is 0 Å². The molecule has 0 radical (unpaired) electrons. The first-order valence-electron chi connectivity index (χ1n) is 5.63. The zero-order valence-electron chi connectivity index (χ0n) is 10.3. The van der Waals surface area contributed by atoms with Gasteiger partial charge in [0.2, 0.25) is 5.91 Å². The van der Waals surface area contributed by atoms with Crippen molar-refractivity contribution in [3.8, 4) is 0 Å². The summed E-state index contributed by atoms with van der Waals surface area (Å²) < 4.78 is 0. The van der Waals surface area contributed by atoms with E-state index < -0.39 is 24.1 Å². The first-order valence-corrected chi connectivity index (χ1v) is 5.63. The Bertz CT molecular complexity index is 342. The fraction of sp³-hybridized carbons (Fsp3) is 0.727. The van der Waals surface area contributed by atoms with Crippen LogP contribution >= 0.6 is 0 Å². The molecular formula is C11H18N2O4. The minimum Gasteiger partial charge on any atom is -0.480 e. The van der Waals surface area contributed by atoms with Crippen LogP contribution in [-0.2, 0) is 14.4 Å². The third-order valence-corrected chi connectivity index (χ3v) is 3.19. The summed E-state index contributed by atoms with van der Waals surface area (Å²) in [4.78, 5) is 35.4. The summed E-state index contributed by atoms with van der Waals surface area (Å²) in [5.74, 6) is -1.68. The van der Waals surface area contributed by atoms with E-state index in [2.05, 4.69) is 5.32 Å². The second-order valence-electron chi connectivity index (χ2n) is 4.33. The number of likely N-dealkylation sites (tertiary alicyclic amines) is 1. The molecule has 6 nitrogen and oxygen atoms in total. The fourth-order valence-corrected chi connectivity index (χ4v) is 2.27. The number of carbonyl (C=O) groups is 3. The minimum atomic E-state index is -0.964. The average molecular weight is 242 g/mol. The van der Waals surface area contributed by atoms with Gasteiger partial charge in [0.15, 0.2) is 0 Å². The van der Waals surface area contributed by atoms with Gasteiger partial charge in [0.1, 0.15) is 11.8 Å². The Balaban J connectivity index is 2.90. The van der Waals surface area contributed by atoms with Gasteiger partial charge in [0.05, 0.1) is 12.1 Å². The summed E-state index contributed by atoms with van der Waals surface area (Å²) in [6.07, 6.45) is 0.0887. The van der Waals surface area contributed by atoms with Crippen LogP contribution < -0.4 is 5.32 Å². The number of amides is 1. The highest BCUT2D eigenvalue weighted by atomic mass is 16.4. The molecule has 0 bridgehead atoms. The number of nitrogens with zero attached hydrogens (tertiary/aromatic N) is 1. The topological polar surface area (TPSA) is 86.7 Å². The number of carboxylic acids is 1. The molecule has 0 aromatic heterocycles. The molecule has 0 saturated carbocycles. The minimum absolute atomic E-state index is 0.0145. The van der Waals surface area contributed by atoms with E-state index in [1.54, 1.807) is 18.9 Å². The highest BCUT2D eigenvalue weighted by Gasteiger charge is 2.45. The normalized spacial score (nSPS) is 29.0. The monoisotopic (exact) mass is 242 g/mol. The lowest BCUT2D eigenvalue weighted by Gasteiger charge is -2.26. The number of hydrogen-bond donors (Lipinski definition) is 2.